The Hall–Kier alpha value is -1.16. The Kier molecular flexibility index (Phi) is 4.68. The molecule has 1 aromatic carbocycles. The van der Waals surface area contributed by atoms with Gasteiger partial charge in [0.05, 0.1) is 11.5 Å². The minimum atomic E-state index is -3.67. The van der Waals surface area contributed by atoms with E-state index in [4.69, 9.17) is 10.9 Å². The highest BCUT2D eigenvalue weighted by molar-refractivity contribution is 7.89. The number of primary sulfonamides is 1. The van der Waals surface area contributed by atoms with Crippen LogP contribution in [0.3, 0.4) is 0 Å². The molecule has 0 aliphatic heterocycles. The molecule has 0 atom stereocenters. The van der Waals surface area contributed by atoms with Crippen LogP contribution in [0.5, 0.6) is 0 Å². The van der Waals surface area contributed by atoms with E-state index >= 15 is 0 Å². The summed E-state index contributed by atoms with van der Waals surface area (Å²) in [5.41, 5.74) is 6.58. The number of nitrogen functional groups attached to an aromatic ring is 1. The summed E-state index contributed by atoms with van der Waals surface area (Å²) in [6.07, 6.45) is 0. The molecular weight excluding hydrogens is 278 g/mol. The maximum absolute atomic E-state index is 11.6. The molecule has 0 aromatic heterocycles. The molecular formula is C9H15N3O4S2. The van der Waals surface area contributed by atoms with E-state index in [9.17, 15) is 16.8 Å². The molecule has 0 spiro atoms. The molecule has 0 bridgehead atoms. The predicted molar refractivity (Wildman–Crippen MR) is 69.5 cm³/mol. The van der Waals surface area contributed by atoms with Gasteiger partial charge in [-0.3, -0.25) is 0 Å². The van der Waals surface area contributed by atoms with Crippen LogP contribution < -0.4 is 15.6 Å². The van der Waals surface area contributed by atoms with E-state index in [1.807, 2.05) is 0 Å². The Bertz CT molecular complexity index is 593. The Morgan fingerprint density at radius 2 is 1.61 bits per heavy atom. The van der Waals surface area contributed by atoms with Crippen molar-refractivity contribution >= 4 is 25.7 Å². The van der Waals surface area contributed by atoms with Gasteiger partial charge in [-0.05, 0) is 17.7 Å². The molecule has 1 rings (SSSR count). The van der Waals surface area contributed by atoms with E-state index < -0.39 is 25.8 Å². The van der Waals surface area contributed by atoms with Crippen molar-refractivity contribution in [1.29, 1.82) is 0 Å². The van der Waals surface area contributed by atoms with Crippen LogP contribution in [0.25, 0.3) is 0 Å². The van der Waals surface area contributed by atoms with Crippen LogP contribution in [0.4, 0.5) is 5.69 Å². The number of nitrogens with one attached hydrogen (secondary N) is 1. The maximum atomic E-state index is 11.6. The van der Waals surface area contributed by atoms with E-state index in [1.54, 1.807) is 24.3 Å². The molecule has 7 nitrogen and oxygen atoms in total. The summed E-state index contributed by atoms with van der Waals surface area (Å²) in [4.78, 5) is 0. The standard InChI is InChI=1S/C9H15N3O4S2/c10-9-3-1-8(2-4-9)7-18(15,16)12-5-6-17(11,13)14/h1-4,12H,5-7,10H2,(H2,11,13,14). The van der Waals surface area contributed by atoms with Crippen molar-refractivity contribution in [3.8, 4) is 0 Å². The molecule has 0 saturated carbocycles. The summed E-state index contributed by atoms with van der Waals surface area (Å²) in [7, 11) is -7.25. The third-order valence-electron chi connectivity index (χ3n) is 2.04. The van der Waals surface area contributed by atoms with Gasteiger partial charge in [0.15, 0.2) is 0 Å². The molecule has 0 unspecified atom stereocenters. The summed E-state index contributed by atoms with van der Waals surface area (Å²) >= 11 is 0. The number of nitrogens with two attached hydrogens (primary N) is 2. The van der Waals surface area contributed by atoms with E-state index in [1.165, 1.54) is 0 Å². The molecule has 9 heteroatoms. The normalized spacial score (nSPS) is 12.5. The zero-order chi connectivity index (χ0) is 13.8. The first-order valence-electron chi connectivity index (χ1n) is 5.00. The molecule has 0 radical (unpaired) electrons. The van der Waals surface area contributed by atoms with Gasteiger partial charge in [-0.15, -0.1) is 0 Å². The highest BCUT2D eigenvalue weighted by Gasteiger charge is 2.12. The number of anilines is 1. The molecule has 0 aliphatic carbocycles. The largest absolute Gasteiger partial charge is 0.399 e. The number of hydrogen-bond acceptors (Lipinski definition) is 5. The molecule has 5 N–H and O–H groups in total. The zero-order valence-corrected chi connectivity index (χ0v) is 11.2. The highest BCUT2D eigenvalue weighted by atomic mass is 32.2. The Morgan fingerprint density at radius 3 is 2.11 bits per heavy atom. The van der Waals surface area contributed by atoms with Gasteiger partial charge < -0.3 is 5.73 Å². The summed E-state index contributed by atoms with van der Waals surface area (Å²) in [6, 6.07) is 6.37. The first kappa shape index (κ1) is 14.9. The predicted octanol–water partition coefficient (Wildman–Crippen LogP) is -1.02. The van der Waals surface area contributed by atoms with Crippen molar-refractivity contribution in [2.75, 3.05) is 18.0 Å². The molecule has 0 aliphatic rings. The topological polar surface area (TPSA) is 132 Å². The molecule has 0 fully saturated rings. The molecule has 0 amide bonds. The number of rotatable bonds is 6. The summed E-state index contributed by atoms with van der Waals surface area (Å²) in [6.45, 7) is -0.240. The summed E-state index contributed by atoms with van der Waals surface area (Å²) in [5.74, 6) is -0.675. The van der Waals surface area contributed by atoms with Crippen molar-refractivity contribution in [3.05, 3.63) is 29.8 Å². The van der Waals surface area contributed by atoms with E-state index in [0.717, 1.165) is 0 Å². The zero-order valence-electron chi connectivity index (χ0n) is 9.53. The van der Waals surface area contributed by atoms with Crippen molar-refractivity contribution in [1.82, 2.24) is 4.72 Å². The third-order valence-corrected chi connectivity index (χ3v) is 4.18. The van der Waals surface area contributed by atoms with Gasteiger partial charge in [-0.1, -0.05) is 12.1 Å². The quantitative estimate of drug-likeness (QED) is 0.577. The van der Waals surface area contributed by atoms with Crippen LogP contribution in [0.15, 0.2) is 24.3 Å². The third kappa shape index (κ3) is 5.96. The maximum Gasteiger partial charge on any atom is 0.215 e. The first-order valence-corrected chi connectivity index (χ1v) is 8.37. The molecule has 1 aromatic rings. The minimum Gasteiger partial charge on any atom is -0.399 e. The molecule has 18 heavy (non-hydrogen) atoms. The molecule has 102 valence electrons. The molecule has 0 heterocycles. The van der Waals surface area contributed by atoms with Crippen molar-refractivity contribution in [2.24, 2.45) is 5.14 Å². The average molecular weight is 293 g/mol. The van der Waals surface area contributed by atoms with Crippen LogP contribution in [0.2, 0.25) is 0 Å². The Morgan fingerprint density at radius 1 is 1.06 bits per heavy atom. The lowest BCUT2D eigenvalue weighted by Crippen LogP contribution is -2.32. The average Bonchev–Trinajstić information content (AvgIpc) is 2.18. The summed E-state index contributed by atoms with van der Waals surface area (Å²) in [5, 5.41) is 4.76. The lowest BCUT2D eigenvalue weighted by Gasteiger charge is -2.06. The van der Waals surface area contributed by atoms with Gasteiger partial charge in [0.25, 0.3) is 0 Å². The lowest BCUT2D eigenvalue weighted by atomic mass is 10.2. The fraction of sp³-hybridized carbons (Fsp3) is 0.333. The van der Waals surface area contributed by atoms with Crippen molar-refractivity contribution < 1.29 is 16.8 Å². The summed E-state index contributed by atoms with van der Waals surface area (Å²) < 4.78 is 46.6. The number of sulfonamides is 2. The fourth-order valence-electron chi connectivity index (χ4n) is 1.22. The fourth-order valence-corrected chi connectivity index (χ4v) is 2.89. The Balaban J connectivity index is 2.57. The Labute approximate surface area is 106 Å². The van der Waals surface area contributed by atoms with Gasteiger partial charge in [-0.25, -0.2) is 26.7 Å². The van der Waals surface area contributed by atoms with E-state index in [0.29, 0.717) is 11.3 Å². The van der Waals surface area contributed by atoms with Crippen LogP contribution in [0, 0.1) is 0 Å². The van der Waals surface area contributed by atoms with Crippen LogP contribution in [-0.2, 0) is 25.8 Å². The number of hydrogen-bond donors (Lipinski definition) is 3. The SMILES string of the molecule is Nc1ccc(CS(=O)(=O)NCCS(N)(=O)=O)cc1. The first-order chi connectivity index (χ1) is 8.18. The van der Waals surface area contributed by atoms with Crippen LogP contribution in [0.1, 0.15) is 5.56 Å². The monoisotopic (exact) mass is 293 g/mol. The molecule has 0 saturated heterocycles. The van der Waals surface area contributed by atoms with Gasteiger partial charge in [-0.2, -0.15) is 0 Å². The number of benzene rings is 1. The van der Waals surface area contributed by atoms with Crippen LogP contribution >= 0.6 is 0 Å². The van der Waals surface area contributed by atoms with Gasteiger partial charge >= 0.3 is 0 Å². The lowest BCUT2D eigenvalue weighted by molar-refractivity contribution is 0.580. The van der Waals surface area contributed by atoms with Crippen LogP contribution in [-0.4, -0.2) is 29.1 Å². The van der Waals surface area contributed by atoms with Gasteiger partial charge in [0.1, 0.15) is 0 Å². The van der Waals surface area contributed by atoms with Gasteiger partial charge in [0, 0.05) is 12.2 Å². The smallest absolute Gasteiger partial charge is 0.215 e. The second-order valence-corrected chi connectivity index (χ2v) is 7.30. The van der Waals surface area contributed by atoms with Crippen molar-refractivity contribution in [2.45, 2.75) is 5.75 Å². The minimum absolute atomic E-state index is 0.238. The van der Waals surface area contributed by atoms with E-state index in [2.05, 4.69) is 4.72 Å². The van der Waals surface area contributed by atoms with Crippen molar-refractivity contribution in [3.63, 3.8) is 0 Å². The highest BCUT2D eigenvalue weighted by Crippen LogP contribution is 2.08. The van der Waals surface area contributed by atoms with Gasteiger partial charge in [0.2, 0.25) is 20.0 Å². The second-order valence-electron chi connectivity index (χ2n) is 3.76. The van der Waals surface area contributed by atoms with E-state index in [-0.39, 0.29) is 12.3 Å². The second kappa shape index (κ2) is 5.65.